The molecule has 1 heterocycles. The number of fused-ring (bicyclic) bond motifs is 1. The lowest BCUT2D eigenvalue weighted by atomic mass is 10.1. The largest absolute Gasteiger partial charge is 0.494 e. The van der Waals surface area contributed by atoms with Crippen LogP contribution in [0.4, 0.5) is 5.69 Å². The van der Waals surface area contributed by atoms with E-state index >= 15 is 0 Å². The molecule has 0 radical (unpaired) electrons. The van der Waals surface area contributed by atoms with E-state index in [1.165, 1.54) is 24.3 Å². The van der Waals surface area contributed by atoms with Gasteiger partial charge in [0.2, 0.25) is 0 Å². The van der Waals surface area contributed by atoms with Gasteiger partial charge in [0.25, 0.3) is 17.5 Å². The van der Waals surface area contributed by atoms with Gasteiger partial charge in [0.15, 0.2) is 5.78 Å². The maximum absolute atomic E-state index is 12.5. The van der Waals surface area contributed by atoms with E-state index in [-0.39, 0.29) is 11.1 Å². The molecular formula is C18H14N2O6. The Morgan fingerprint density at radius 3 is 2.42 bits per heavy atom. The molecule has 2 amide bonds. The number of nitro groups is 1. The SMILES string of the molecule is CCOc1ccc(C(=O)CN2C(=O)c3cccc([N+](=O)[O-])c3C2=O)cc1. The first-order valence-corrected chi connectivity index (χ1v) is 7.83. The van der Waals surface area contributed by atoms with Crippen molar-refractivity contribution in [2.45, 2.75) is 6.92 Å². The van der Waals surface area contributed by atoms with Gasteiger partial charge in [0, 0.05) is 11.6 Å². The molecule has 0 fully saturated rings. The first-order chi connectivity index (χ1) is 12.4. The summed E-state index contributed by atoms with van der Waals surface area (Å²) in [5.41, 5.74) is -0.484. The fraction of sp³-hybridized carbons (Fsp3) is 0.167. The van der Waals surface area contributed by atoms with Gasteiger partial charge in [-0.3, -0.25) is 29.4 Å². The molecule has 3 rings (SSSR count). The second kappa shape index (κ2) is 6.75. The number of nitrogens with zero attached hydrogens (tertiary/aromatic N) is 2. The number of ketones is 1. The van der Waals surface area contributed by atoms with E-state index in [1.54, 1.807) is 12.1 Å². The van der Waals surface area contributed by atoms with Crippen LogP contribution in [-0.2, 0) is 0 Å². The maximum atomic E-state index is 12.5. The Kier molecular flexibility index (Phi) is 4.49. The van der Waals surface area contributed by atoms with Gasteiger partial charge in [0.1, 0.15) is 11.3 Å². The number of benzene rings is 2. The Morgan fingerprint density at radius 2 is 1.81 bits per heavy atom. The van der Waals surface area contributed by atoms with Crippen LogP contribution in [0, 0.1) is 10.1 Å². The lowest BCUT2D eigenvalue weighted by Crippen LogP contribution is -2.35. The third kappa shape index (κ3) is 2.92. The van der Waals surface area contributed by atoms with Gasteiger partial charge >= 0.3 is 0 Å². The van der Waals surface area contributed by atoms with Crippen LogP contribution >= 0.6 is 0 Å². The quantitative estimate of drug-likeness (QED) is 0.341. The number of carbonyl (C=O) groups excluding carboxylic acids is 3. The minimum Gasteiger partial charge on any atom is -0.494 e. The summed E-state index contributed by atoms with van der Waals surface area (Å²) >= 11 is 0. The number of Topliss-reactive ketones (excluding diaryl/α,β-unsaturated/α-hetero) is 1. The number of nitro benzene ring substituents is 1. The van der Waals surface area contributed by atoms with Crippen LogP contribution in [0.1, 0.15) is 38.0 Å². The number of hydrogen-bond acceptors (Lipinski definition) is 6. The number of hydrogen-bond donors (Lipinski definition) is 0. The van der Waals surface area contributed by atoms with Gasteiger partial charge in [-0.25, -0.2) is 0 Å². The van der Waals surface area contributed by atoms with Crippen molar-refractivity contribution in [1.82, 2.24) is 4.90 Å². The minimum atomic E-state index is -0.836. The van der Waals surface area contributed by atoms with Crippen molar-refractivity contribution >= 4 is 23.3 Å². The molecule has 26 heavy (non-hydrogen) atoms. The molecule has 0 saturated heterocycles. The molecule has 0 aliphatic carbocycles. The average Bonchev–Trinajstić information content (AvgIpc) is 2.87. The summed E-state index contributed by atoms with van der Waals surface area (Å²) in [5, 5.41) is 11.1. The Hall–Kier alpha value is -3.55. The van der Waals surface area contributed by atoms with Gasteiger partial charge < -0.3 is 4.74 Å². The standard InChI is InChI=1S/C18H14N2O6/c1-2-26-12-8-6-11(7-9-12)15(21)10-19-17(22)13-4-3-5-14(20(24)25)16(13)18(19)23/h3-9H,2,10H2,1H3. The molecule has 0 spiro atoms. The highest BCUT2D eigenvalue weighted by Gasteiger charge is 2.41. The summed E-state index contributed by atoms with van der Waals surface area (Å²) in [4.78, 5) is 48.4. The van der Waals surface area contributed by atoms with Crippen molar-refractivity contribution in [1.29, 1.82) is 0 Å². The highest BCUT2D eigenvalue weighted by atomic mass is 16.6. The molecular weight excluding hydrogens is 340 g/mol. The number of carbonyl (C=O) groups is 3. The monoisotopic (exact) mass is 354 g/mol. The van der Waals surface area contributed by atoms with E-state index in [9.17, 15) is 24.5 Å². The third-order valence-electron chi connectivity index (χ3n) is 3.96. The van der Waals surface area contributed by atoms with Crippen molar-refractivity contribution in [3.63, 3.8) is 0 Å². The normalized spacial score (nSPS) is 12.9. The van der Waals surface area contributed by atoms with Gasteiger partial charge in [-0.05, 0) is 37.3 Å². The molecule has 8 heteroatoms. The molecule has 0 N–H and O–H groups in total. The molecule has 2 aromatic rings. The Bertz CT molecular complexity index is 920. The van der Waals surface area contributed by atoms with Crippen molar-refractivity contribution in [2.75, 3.05) is 13.2 Å². The minimum absolute atomic E-state index is 0.0660. The van der Waals surface area contributed by atoms with E-state index in [0.29, 0.717) is 17.9 Å². The first kappa shape index (κ1) is 17.3. The lowest BCUT2D eigenvalue weighted by molar-refractivity contribution is -0.385. The third-order valence-corrected chi connectivity index (χ3v) is 3.96. The fourth-order valence-corrected chi connectivity index (χ4v) is 2.75. The number of ether oxygens (including phenoxy) is 1. The predicted octanol–water partition coefficient (Wildman–Crippen LogP) is 2.47. The predicted molar refractivity (Wildman–Crippen MR) is 90.4 cm³/mol. The van der Waals surface area contributed by atoms with E-state index in [2.05, 4.69) is 0 Å². The highest BCUT2D eigenvalue weighted by Crippen LogP contribution is 2.30. The summed E-state index contributed by atoms with van der Waals surface area (Å²) in [6.45, 7) is 1.83. The molecule has 1 aliphatic rings. The van der Waals surface area contributed by atoms with Crippen LogP contribution < -0.4 is 4.74 Å². The molecule has 132 valence electrons. The lowest BCUT2D eigenvalue weighted by Gasteiger charge is -2.13. The second-order valence-electron chi connectivity index (χ2n) is 5.53. The molecule has 0 saturated carbocycles. The molecule has 8 nitrogen and oxygen atoms in total. The molecule has 2 aromatic carbocycles. The zero-order valence-corrected chi connectivity index (χ0v) is 13.8. The average molecular weight is 354 g/mol. The second-order valence-corrected chi connectivity index (χ2v) is 5.53. The first-order valence-electron chi connectivity index (χ1n) is 7.83. The molecule has 0 unspecified atom stereocenters. The number of rotatable bonds is 6. The van der Waals surface area contributed by atoms with Gasteiger partial charge in [-0.1, -0.05) is 6.07 Å². The Labute approximate surface area is 148 Å². The van der Waals surface area contributed by atoms with Gasteiger partial charge in [-0.15, -0.1) is 0 Å². The van der Waals surface area contributed by atoms with E-state index in [1.807, 2.05) is 6.92 Å². The van der Waals surface area contributed by atoms with Crippen LogP contribution in [0.5, 0.6) is 5.75 Å². The number of imide groups is 1. The smallest absolute Gasteiger partial charge is 0.282 e. The van der Waals surface area contributed by atoms with Crippen molar-refractivity contribution in [3.8, 4) is 5.75 Å². The maximum Gasteiger partial charge on any atom is 0.282 e. The van der Waals surface area contributed by atoms with Crippen LogP contribution in [0.25, 0.3) is 0 Å². The van der Waals surface area contributed by atoms with Gasteiger partial charge in [-0.2, -0.15) is 0 Å². The van der Waals surface area contributed by atoms with Crippen LogP contribution in [-0.4, -0.2) is 40.6 Å². The number of amides is 2. The summed E-state index contributed by atoms with van der Waals surface area (Å²) in [6.07, 6.45) is 0. The van der Waals surface area contributed by atoms with E-state index in [0.717, 1.165) is 11.0 Å². The molecule has 0 atom stereocenters. The summed E-state index contributed by atoms with van der Waals surface area (Å²) < 4.78 is 5.29. The van der Waals surface area contributed by atoms with Crippen molar-refractivity contribution in [3.05, 3.63) is 69.3 Å². The van der Waals surface area contributed by atoms with Crippen LogP contribution in [0.3, 0.4) is 0 Å². The zero-order chi connectivity index (χ0) is 18.8. The highest BCUT2D eigenvalue weighted by molar-refractivity contribution is 6.24. The topological polar surface area (TPSA) is 107 Å². The van der Waals surface area contributed by atoms with E-state index < -0.39 is 34.8 Å². The summed E-state index contributed by atoms with van der Waals surface area (Å²) in [6, 6.07) is 10.1. The fourth-order valence-electron chi connectivity index (χ4n) is 2.75. The molecule has 0 aromatic heterocycles. The zero-order valence-electron chi connectivity index (χ0n) is 13.8. The van der Waals surface area contributed by atoms with Crippen LogP contribution in [0.15, 0.2) is 42.5 Å². The van der Waals surface area contributed by atoms with Crippen LogP contribution in [0.2, 0.25) is 0 Å². The summed E-state index contributed by atoms with van der Waals surface area (Å²) in [7, 11) is 0. The molecule has 1 aliphatic heterocycles. The van der Waals surface area contributed by atoms with E-state index in [4.69, 9.17) is 4.74 Å². The van der Waals surface area contributed by atoms with Gasteiger partial charge in [0.05, 0.1) is 23.6 Å². The Balaban J connectivity index is 1.84. The van der Waals surface area contributed by atoms with Crippen molar-refractivity contribution in [2.24, 2.45) is 0 Å². The summed E-state index contributed by atoms with van der Waals surface area (Å²) in [5.74, 6) is -1.41. The molecule has 0 bridgehead atoms. The Morgan fingerprint density at radius 1 is 1.12 bits per heavy atom. The van der Waals surface area contributed by atoms with Crippen molar-refractivity contribution < 1.29 is 24.0 Å².